The van der Waals surface area contributed by atoms with Gasteiger partial charge in [0.05, 0.1) is 32.6 Å². The lowest BCUT2D eigenvalue weighted by Gasteiger charge is -2.40. The third kappa shape index (κ3) is 6.83. The second-order valence-corrected chi connectivity index (χ2v) is 7.68. The Balaban J connectivity index is 1.72. The van der Waals surface area contributed by atoms with Crippen molar-refractivity contribution in [2.75, 3.05) is 6.61 Å². The first-order valence-electron chi connectivity index (χ1n) is 10.6. The molecule has 1 fully saturated rings. The lowest BCUT2D eigenvalue weighted by Crippen LogP contribution is -2.55. The Kier molecular flexibility index (Phi) is 8.68. The fourth-order valence-corrected chi connectivity index (χ4v) is 3.54. The number of esters is 3. The molecule has 1 aliphatic rings. The fraction of sp³-hybridized carbons (Fsp3) is 0.500. The van der Waals surface area contributed by atoms with Crippen molar-refractivity contribution < 1.29 is 43.2 Å². The van der Waals surface area contributed by atoms with Crippen LogP contribution in [0, 0.1) is 0 Å². The van der Waals surface area contributed by atoms with E-state index in [0.29, 0.717) is 12.3 Å². The number of hydrogen-bond acceptors (Lipinski definition) is 11. The number of nitrogens with zero attached hydrogens (tertiary/aromatic N) is 3. The zero-order chi connectivity index (χ0) is 24.7. The summed E-state index contributed by atoms with van der Waals surface area (Å²) >= 11 is 0. The van der Waals surface area contributed by atoms with Crippen LogP contribution in [0.5, 0.6) is 0 Å². The predicted molar refractivity (Wildman–Crippen MR) is 113 cm³/mol. The highest BCUT2D eigenvalue weighted by atomic mass is 16.6. The largest absolute Gasteiger partial charge is 0.456 e. The van der Waals surface area contributed by atoms with Crippen molar-refractivity contribution in [1.29, 1.82) is 0 Å². The van der Waals surface area contributed by atoms with Crippen LogP contribution in [-0.2, 0) is 57.9 Å². The number of benzene rings is 1. The molecule has 1 N–H and O–H groups in total. The topological polar surface area (TPSA) is 148 Å². The van der Waals surface area contributed by atoms with Crippen molar-refractivity contribution in [3.63, 3.8) is 0 Å². The monoisotopic (exact) mass is 477 g/mol. The van der Waals surface area contributed by atoms with Crippen LogP contribution in [0.3, 0.4) is 0 Å². The number of ether oxygens (including phenoxy) is 5. The summed E-state index contributed by atoms with van der Waals surface area (Å²) in [6, 6.07) is 7.36. The molecule has 12 nitrogen and oxygen atoms in total. The van der Waals surface area contributed by atoms with Crippen LogP contribution in [0.25, 0.3) is 0 Å². The molecule has 4 atom stereocenters. The van der Waals surface area contributed by atoms with E-state index in [9.17, 15) is 19.5 Å². The molecule has 1 saturated heterocycles. The molecule has 2 heterocycles. The maximum absolute atomic E-state index is 11.8. The van der Waals surface area contributed by atoms with Gasteiger partial charge in [-0.15, -0.1) is 5.10 Å². The quantitative estimate of drug-likeness (QED) is 0.404. The highest BCUT2D eigenvalue weighted by Gasteiger charge is 2.48. The van der Waals surface area contributed by atoms with Crippen LogP contribution in [0.1, 0.15) is 43.8 Å². The van der Waals surface area contributed by atoms with Crippen LogP contribution < -0.4 is 0 Å². The molecule has 0 radical (unpaired) electrons. The molecular weight excluding hydrogens is 450 g/mol. The Morgan fingerprint density at radius 2 is 1.71 bits per heavy atom. The average Bonchev–Trinajstić information content (AvgIpc) is 3.24. The minimum Gasteiger partial charge on any atom is -0.456 e. The molecule has 3 rings (SSSR count). The highest BCUT2D eigenvalue weighted by Crippen LogP contribution is 2.30. The molecule has 4 unspecified atom stereocenters. The lowest BCUT2D eigenvalue weighted by molar-refractivity contribution is -0.241. The zero-order valence-electron chi connectivity index (χ0n) is 19.1. The van der Waals surface area contributed by atoms with Gasteiger partial charge >= 0.3 is 17.9 Å². The number of rotatable bonds is 9. The van der Waals surface area contributed by atoms with E-state index in [2.05, 4.69) is 10.3 Å². The van der Waals surface area contributed by atoms with Crippen LogP contribution >= 0.6 is 0 Å². The molecule has 2 aromatic rings. The molecule has 184 valence electrons. The summed E-state index contributed by atoms with van der Waals surface area (Å²) in [7, 11) is 0. The van der Waals surface area contributed by atoms with E-state index in [4.69, 9.17) is 23.7 Å². The Morgan fingerprint density at radius 3 is 2.38 bits per heavy atom. The normalized spacial score (nSPS) is 22.1. The zero-order valence-corrected chi connectivity index (χ0v) is 19.1. The molecule has 0 saturated carbocycles. The van der Waals surface area contributed by atoms with E-state index in [1.54, 1.807) is 6.20 Å². The van der Waals surface area contributed by atoms with Gasteiger partial charge in [-0.3, -0.25) is 14.4 Å². The molecule has 1 aromatic carbocycles. The van der Waals surface area contributed by atoms with Gasteiger partial charge in [0.1, 0.15) is 5.69 Å². The summed E-state index contributed by atoms with van der Waals surface area (Å²) in [6.07, 6.45) is -2.64. The lowest BCUT2D eigenvalue weighted by atomic mass is 10.0. The number of aromatic nitrogens is 3. The van der Waals surface area contributed by atoms with E-state index >= 15 is 0 Å². The molecule has 0 bridgehead atoms. The minimum atomic E-state index is -1.14. The van der Waals surface area contributed by atoms with Gasteiger partial charge in [-0.25, -0.2) is 4.68 Å². The minimum absolute atomic E-state index is 0.0558. The summed E-state index contributed by atoms with van der Waals surface area (Å²) in [5, 5.41) is 17.3. The first-order valence-corrected chi connectivity index (χ1v) is 10.6. The van der Waals surface area contributed by atoms with E-state index in [1.807, 2.05) is 24.3 Å². The number of hydrogen-bond donors (Lipinski definition) is 1. The summed E-state index contributed by atoms with van der Waals surface area (Å²) in [5.41, 5.74) is 2.16. The number of carbonyl (C=O) groups excluding carboxylic acids is 3. The Bertz CT molecular complexity index is 1010. The van der Waals surface area contributed by atoms with Crippen molar-refractivity contribution in [2.24, 2.45) is 0 Å². The van der Waals surface area contributed by atoms with E-state index in [0.717, 1.165) is 11.1 Å². The molecule has 0 amide bonds. The standard InChI is InChI=1S/C22H27N3O9/c1-13(27)32-19-12-31-22(21(34-15(3)29)20(19)33-14(2)28)25-8-18(23-24-25)11-30-10-17-6-4-5-16(7-17)9-26/h4-8,19-22,26H,9-12H2,1-3H3. The smallest absolute Gasteiger partial charge is 0.303 e. The molecule has 1 aliphatic heterocycles. The molecule has 12 heteroatoms. The van der Waals surface area contributed by atoms with Gasteiger partial charge in [-0.2, -0.15) is 0 Å². The number of carbonyl (C=O) groups is 3. The maximum atomic E-state index is 11.8. The summed E-state index contributed by atoms with van der Waals surface area (Å²) < 4.78 is 28.7. The first kappa shape index (κ1) is 25.3. The van der Waals surface area contributed by atoms with E-state index < -0.39 is 42.4 Å². The molecule has 1 aromatic heterocycles. The fourth-order valence-electron chi connectivity index (χ4n) is 3.54. The van der Waals surface area contributed by atoms with Crippen LogP contribution in [-0.4, -0.2) is 62.9 Å². The molecular formula is C22H27N3O9. The van der Waals surface area contributed by atoms with Gasteiger partial charge < -0.3 is 28.8 Å². The van der Waals surface area contributed by atoms with Gasteiger partial charge in [0.15, 0.2) is 24.5 Å². The number of aliphatic hydroxyl groups is 1. The third-order valence-electron chi connectivity index (χ3n) is 4.84. The average molecular weight is 477 g/mol. The molecule has 0 aliphatic carbocycles. The van der Waals surface area contributed by atoms with Crippen molar-refractivity contribution in [1.82, 2.24) is 15.0 Å². The summed E-state index contributed by atoms with van der Waals surface area (Å²) in [4.78, 5) is 34.9. The van der Waals surface area contributed by atoms with Crippen molar-refractivity contribution >= 4 is 17.9 Å². The molecule has 0 spiro atoms. The second-order valence-electron chi connectivity index (χ2n) is 7.68. The predicted octanol–water partition coefficient (Wildman–Crippen LogP) is 0.811. The van der Waals surface area contributed by atoms with Crippen LogP contribution in [0.15, 0.2) is 30.5 Å². The Morgan fingerprint density at radius 1 is 1.03 bits per heavy atom. The Labute approximate surface area is 195 Å². The van der Waals surface area contributed by atoms with Crippen LogP contribution in [0.2, 0.25) is 0 Å². The van der Waals surface area contributed by atoms with E-state index in [1.165, 1.54) is 25.5 Å². The number of aliphatic hydroxyl groups excluding tert-OH is 1. The van der Waals surface area contributed by atoms with Crippen molar-refractivity contribution in [3.05, 3.63) is 47.3 Å². The second kappa shape index (κ2) is 11.7. The van der Waals surface area contributed by atoms with Gasteiger partial charge in [0, 0.05) is 20.8 Å². The highest BCUT2D eigenvalue weighted by molar-refractivity contribution is 5.68. The summed E-state index contributed by atoms with van der Waals surface area (Å²) in [5.74, 6) is -1.89. The maximum Gasteiger partial charge on any atom is 0.303 e. The van der Waals surface area contributed by atoms with Gasteiger partial charge in [0.2, 0.25) is 0 Å². The van der Waals surface area contributed by atoms with E-state index in [-0.39, 0.29) is 19.8 Å². The van der Waals surface area contributed by atoms with Gasteiger partial charge in [0.25, 0.3) is 0 Å². The molecule has 34 heavy (non-hydrogen) atoms. The van der Waals surface area contributed by atoms with Crippen molar-refractivity contribution in [2.45, 2.75) is 65.1 Å². The third-order valence-corrected chi connectivity index (χ3v) is 4.84. The SMILES string of the molecule is CC(=O)OC1COC(n2cc(COCc3cccc(CO)c3)nn2)C(OC(C)=O)C1OC(C)=O. The first-order chi connectivity index (χ1) is 16.3. The van der Waals surface area contributed by atoms with Gasteiger partial charge in [-0.1, -0.05) is 29.5 Å². The van der Waals surface area contributed by atoms with Crippen LogP contribution in [0.4, 0.5) is 0 Å². The Hall–Kier alpha value is -3.35. The van der Waals surface area contributed by atoms with Crippen molar-refractivity contribution in [3.8, 4) is 0 Å². The van der Waals surface area contributed by atoms with Gasteiger partial charge in [-0.05, 0) is 11.1 Å². The summed E-state index contributed by atoms with van der Waals surface area (Å²) in [6.45, 7) is 3.87.